The van der Waals surface area contributed by atoms with Crippen molar-refractivity contribution < 1.29 is 19.6 Å². The summed E-state index contributed by atoms with van der Waals surface area (Å²) < 4.78 is 5.38. The van der Waals surface area contributed by atoms with Crippen molar-refractivity contribution in [3.05, 3.63) is 63.7 Å². The highest BCUT2D eigenvalue weighted by atomic mass is 16.6. The van der Waals surface area contributed by atoms with Crippen LogP contribution in [0.1, 0.15) is 52.2 Å². The molecule has 2 rings (SSSR count). The van der Waals surface area contributed by atoms with Crippen molar-refractivity contribution in [2.24, 2.45) is 10.5 Å². The highest BCUT2D eigenvalue weighted by Crippen LogP contribution is 2.39. The van der Waals surface area contributed by atoms with Crippen LogP contribution in [0.2, 0.25) is 0 Å². The zero-order valence-corrected chi connectivity index (χ0v) is 18.5. The number of nitro groups is 1. The molecule has 1 amide bonds. The van der Waals surface area contributed by atoms with Crippen LogP contribution in [0, 0.1) is 15.5 Å². The summed E-state index contributed by atoms with van der Waals surface area (Å²) in [7, 11) is 0. The number of nitrogens with zero attached hydrogens (tertiary/aromatic N) is 2. The maximum Gasteiger partial charge on any atom is 0.311 e. The Bertz CT molecular complexity index is 977. The average molecular weight is 428 g/mol. The van der Waals surface area contributed by atoms with Gasteiger partial charge < -0.3 is 9.84 Å². The largest absolute Gasteiger partial charge is 0.507 e. The number of nitro benzene ring substituents is 1. The van der Waals surface area contributed by atoms with Gasteiger partial charge in [0, 0.05) is 11.6 Å². The summed E-state index contributed by atoms with van der Waals surface area (Å²) in [6.45, 7) is 10.0. The van der Waals surface area contributed by atoms with Gasteiger partial charge in [-0.3, -0.25) is 14.9 Å². The number of carbonyl (C=O) groups excluding carboxylic acids is 1. The van der Waals surface area contributed by atoms with Crippen molar-refractivity contribution >= 4 is 17.8 Å². The lowest BCUT2D eigenvalue weighted by Gasteiger charge is -2.33. The Morgan fingerprint density at radius 1 is 1.19 bits per heavy atom. The molecular weight excluding hydrogens is 398 g/mol. The fourth-order valence-corrected chi connectivity index (χ4v) is 3.58. The van der Waals surface area contributed by atoms with Gasteiger partial charge in [0.05, 0.1) is 11.1 Å². The van der Waals surface area contributed by atoms with E-state index in [-0.39, 0.29) is 28.0 Å². The first-order chi connectivity index (χ1) is 14.4. The first-order valence-corrected chi connectivity index (χ1v) is 9.91. The number of hydrogen-bond donors (Lipinski definition) is 2. The number of ether oxygens (including phenoxy) is 1. The summed E-state index contributed by atoms with van der Waals surface area (Å²) in [5.74, 6) is -0.542. The molecular formula is C23H29N3O5. The van der Waals surface area contributed by atoms with Gasteiger partial charge in [-0.15, -0.1) is 0 Å². The Labute approximate surface area is 182 Å². The minimum Gasteiger partial charge on any atom is -0.507 e. The number of carbonyl (C=O) groups is 1. The topological polar surface area (TPSA) is 114 Å². The molecule has 0 spiro atoms. The predicted octanol–water partition coefficient (Wildman–Crippen LogP) is 4.54. The maximum absolute atomic E-state index is 12.0. The molecule has 8 nitrogen and oxygen atoms in total. The van der Waals surface area contributed by atoms with E-state index in [9.17, 15) is 20.0 Å². The molecule has 0 aromatic heterocycles. The number of amides is 1. The molecule has 0 aliphatic rings. The monoisotopic (exact) mass is 427 g/mol. The summed E-state index contributed by atoms with van der Waals surface area (Å²) in [5.41, 5.74) is 3.13. The van der Waals surface area contributed by atoms with Crippen molar-refractivity contribution in [2.45, 2.75) is 46.5 Å². The number of nitrogens with one attached hydrogen (secondary N) is 1. The van der Waals surface area contributed by atoms with E-state index in [1.807, 2.05) is 13.8 Å². The molecule has 0 fully saturated rings. The van der Waals surface area contributed by atoms with Gasteiger partial charge in [0.2, 0.25) is 0 Å². The van der Waals surface area contributed by atoms with Gasteiger partial charge in [0.25, 0.3) is 5.91 Å². The third-order valence-corrected chi connectivity index (χ3v) is 4.60. The Kier molecular flexibility index (Phi) is 7.38. The van der Waals surface area contributed by atoms with Gasteiger partial charge in [-0.05, 0) is 41.0 Å². The lowest BCUT2D eigenvalue weighted by Crippen LogP contribution is -2.26. The molecule has 0 saturated heterocycles. The van der Waals surface area contributed by atoms with Crippen molar-refractivity contribution in [3.63, 3.8) is 0 Å². The number of rotatable bonds is 8. The Balaban J connectivity index is 2.06. The number of para-hydroxylation sites is 1. The molecule has 2 N–H and O–H groups in total. The van der Waals surface area contributed by atoms with Crippen LogP contribution >= 0.6 is 0 Å². The number of phenolic OH excluding ortho intramolecular Hbond substituents is 1. The fraction of sp³-hybridized carbons (Fsp3) is 0.391. The van der Waals surface area contributed by atoms with Crippen LogP contribution in [0.15, 0.2) is 47.6 Å². The minimum absolute atomic E-state index is 0.0140. The van der Waals surface area contributed by atoms with Gasteiger partial charge in [-0.1, -0.05) is 52.8 Å². The van der Waals surface area contributed by atoms with Crippen molar-refractivity contribution in [2.75, 3.05) is 6.61 Å². The predicted molar refractivity (Wildman–Crippen MR) is 120 cm³/mol. The van der Waals surface area contributed by atoms with Crippen LogP contribution in [0.5, 0.6) is 11.5 Å². The summed E-state index contributed by atoms with van der Waals surface area (Å²) in [4.78, 5) is 23.0. The van der Waals surface area contributed by atoms with Crippen LogP contribution in [0.4, 0.5) is 5.69 Å². The molecule has 0 saturated carbocycles. The number of aromatic hydroxyl groups is 1. The SMILES string of the molecule is CC(C)(C)CC(C)(C)c1ccc(OCC(=O)NN=Cc2ccccc2O)c([N+](=O)[O-])c1. The Hall–Kier alpha value is -3.42. The molecule has 0 unspecified atom stereocenters. The number of hydrogen-bond acceptors (Lipinski definition) is 6. The Morgan fingerprint density at radius 2 is 1.87 bits per heavy atom. The van der Waals surface area contributed by atoms with Crippen molar-refractivity contribution in [1.82, 2.24) is 5.43 Å². The average Bonchev–Trinajstić information content (AvgIpc) is 2.65. The molecule has 2 aromatic carbocycles. The molecule has 0 heterocycles. The smallest absolute Gasteiger partial charge is 0.311 e. The number of hydrazone groups is 1. The van der Waals surface area contributed by atoms with E-state index >= 15 is 0 Å². The van der Waals surface area contributed by atoms with E-state index in [4.69, 9.17) is 4.74 Å². The van der Waals surface area contributed by atoms with E-state index in [0.717, 1.165) is 12.0 Å². The van der Waals surface area contributed by atoms with E-state index in [1.54, 1.807) is 24.3 Å². The van der Waals surface area contributed by atoms with E-state index in [0.29, 0.717) is 5.56 Å². The molecule has 0 atom stereocenters. The molecule has 0 aliphatic carbocycles. The van der Waals surface area contributed by atoms with Gasteiger partial charge in [0.15, 0.2) is 12.4 Å². The van der Waals surface area contributed by atoms with Crippen molar-refractivity contribution in [3.8, 4) is 11.5 Å². The molecule has 8 heteroatoms. The zero-order valence-electron chi connectivity index (χ0n) is 18.5. The van der Waals surface area contributed by atoms with Crippen LogP contribution in [-0.2, 0) is 10.2 Å². The highest BCUT2D eigenvalue weighted by Gasteiger charge is 2.29. The molecule has 0 radical (unpaired) electrons. The van der Waals surface area contributed by atoms with Crippen LogP contribution in [0.3, 0.4) is 0 Å². The van der Waals surface area contributed by atoms with E-state index < -0.39 is 17.4 Å². The standard InChI is InChI=1S/C23H29N3O5/c1-22(2,3)15-23(4,5)17-10-11-20(18(12-17)26(29)30)31-14-21(28)25-24-13-16-8-6-7-9-19(16)27/h6-13,27H,14-15H2,1-5H3,(H,25,28). The lowest BCUT2D eigenvalue weighted by molar-refractivity contribution is -0.385. The second-order valence-electron chi connectivity index (χ2n) is 9.20. The van der Waals surface area contributed by atoms with Gasteiger partial charge in [0.1, 0.15) is 5.75 Å². The third-order valence-electron chi connectivity index (χ3n) is 4.60. The number of phenols is 1. The molecule has 0 bridgehead atoms. The zero-order chi connectivity index (χ0) is 23.2. The maximum atomic E-state index is 12.0. The molecule has 31 heavy (non-hydrogen) atoms. The lowest BCUT2D eigenvalue weighted by atomic mass is 9.72. The van der Waals surface area contributed by atoms with Crippen LogP contribution < -0.4 is 10.2 Å². The second-order valence-corrected chi connectivity index (χ2v) is 9.20. The first kappa shape index (κ1) is 23.9. The molecule has 0 aliphatic heterocycles. The third kappa shape index (κ3) is 7.09. The summed E-state index contributed by atoms with van der Waals surface area (Å²) in [5, 5.41) is 25.0. The van der Waals surface area contributed by atoms with Crippen LogP contribution in [-0.4, -0.2) is 28.8 Å². The normalized spacial score (nSPS) is 12.0. The van der Waals surface area contributed by atoms with Crippen molar-refractivity contribution in [1.29, 1.82) is 0 Å². The quantitative estimate of drug-likeness (QED) is 0.365. The summed E-state index contributed by atoms with van der Waals surface area (Å²) in [6.07, 6.45) is 2.14. The summed E-state index contributed by atoms with van der Waals surface area (Å²) in [6, 6.07) is 11.3. The number of benzene rings is 2. The van der Waals surface area contributed by atoms with E-state index in [2.05, 4.69) is 31.3 Å². The summed E-state index contributed by atoms with van der Waals surface area (Å²) >= 11 is 0. The van der Waals surface area contributed by atoms with Gasteiger partial charge >= 0.3 is 5.69 Å². The van der Waals surface area contributed by atoms with Crippen LogP contribution in [0.25, 0.3) is 0 Å². The molecule has 166 valence electrons. The highest BCUT2D eigenvalue weighted by molar-refractivity contribution is 5.85. The Morgan fingerprint density at radius 3 is 2.48 bits per heavy atom. The fourth-order valence-electron chi connectivity index (χ4n) is 3.58. The van der Waals surface area contributed by atoms with Gasteiger partial charge in [-0.25, -0.2) is 5.43 Å². The molecule has 2 aromatic rings. The first-order valence-electron chi connectivity index (χ1n) is 9.91. The second kappa shape index (κ2) is 9.59. The van der Waals surface area contributed by atoms with Gasteiger partial charge in [-0.2, -0.15) is 5.10 Å². The minimum atomic E-state index is -0.585. The van der Waals surface area contributed by atoms with E-state index in [1.165, 1.54) is 24.4 Å².